The van der Waals surface area contributed by atoms with Crippen LogP contribution >= 0.6 is 17.2 Å². The van der Waals surface area contributed by atoms with Gasteiger partial charge in [-0.3, -0.25) is 0 Å². The molecule has 8 rings (SSSR count). The Morgan fingerprint density at radius 3 is 1.24 bits per heavy atom. The van der Waals surface area contributed by atoms with Gasteiger partial charge in [-0.15, -0.1) is 0 Å². The topological polar surface area (TPSA) is 0 Å². The van der Waals surface area contributed by atoms with Crippen molar-refractivity contribution in [2.24, 2.45) is 11.8 Å². The summed E-state index contributed by atoms with van der Waals surface area (Å²) in [4.78, 5) is 0. The molecule has 2 aliphatic rings. The van der Waals surface area contributed by atoms with Crippen molar-refractivity contribution in [3.63, 3.8) is 0 Å². The van der Waals surface area contributed by atoms with Crippen LogP contribution in [0.4, 0.5) is 0 Å². The molecule has 250 valence electrons. The van der Waals surface area contributed by atoms with Crippen LogP contribution in [0.15, 0.2) is 132 Å². The molecule has 2 atom stereocenters. The molecule has 0 fully saturated rings. The summed E-state index contributed by atoms with van der Waals surface area (Å²) in [6, 6.07) is 44.7. The van der Waals surface area contributed by atoms with E-state index in [-0.39, 0.29) is 7.35 Å². The van der Waals surface area contributed by atoms with Crippen molar-refractivity contribution in [2.45, 2.75) is 46.6 Å². The van der Waals surface area contributed by atoms with Crippen molar-refractivity contribution >= 4 is 60.9 Å². The van der Waals surface area contributed by atoms with Crippen molar-refractivity contribution in [1.82, 2.24) is 0 Å². The molecule has 0 N–H and O–H groups in total. The number of rotatable bonds is 6. The molecule has 0 spiro atoms. The zero-order valence-electron chi connectivity index (χ0n) is 29.8. The Morgan fingerprint density at radius 1 is 0.480 bits per heavy atom. The minimum atomic E-state index is -5.09. The Kier molecular flexibility index (Phi) is 8.78. The Hall–Kier alpha value is -2.69. The maximum absolute atomic E-state index is 8.84. The molecule has 0 saturated carbocycles. The number of fused-ring (bicyclic) bond motifs is 4. The summed E-state index contributed by atoms with van der Waals surface area (Å²) in [6.07, 6.45) is 5.01. The molecule has 0 heterocycles. The van der Waals surface area contributed by atoms with Crippen LogP contribution in [0.5, 0.6) is 0 Å². The Labute approximate surface area is 306 Å². The van der Waals surface area contributed by atoms with Gasteiger partial charge in [-0.1, -0.05) is 0 Å². The van der Waals surface area contributed by atoms with E-state index in [1.54, 1.807) is 0 Å². The molecule has 0 saturated heterocycles. The van der Waals surface area contributed by atoms with E-state index < -0.39 is 23.1 Å². The van der Waals surface area contributed by atoms with Gasteiger partial charge in [-0.05, 0) is 0 Å². The van der Waals surface area contributed by atoms with Crippen LogP contribution in [0, 0.1) is 11.8 Å². The van der Waals surface area contributed by atoms with Crippen LogP contribution in [0.3, 0.4) is 0 Å². The minimum absolute atomic E-state index is 0.0737. The van der Waals surface area contributed by atoms with Crippen molar-refractivity contribution in [3.8, 4) is 22.3 Å². The third kappa shape index (κ3) is 5.16. The van der Waals surface area contributed by atoms with Gasteiger partial charge in [-0.25, -0.2) is 0 Å². The predicted octanol–water partition coefficient (Wildman–Crippen LogP) is 14.5. The van der Waals surface area contributed by atoms with Crippen molar-refractivity contribution in [2.75, 3.05) is 0 Å². The Morgan fingerprint density at radius 2 is 0.840 bits per heavy atom. The second-order valence-corrected chi connectivity index (χ2v) is 94.9. The Balaban J connectivity index is 1.39. The van der Waals surface area contributed by atoms with Crippen LogP contribution < -0.4 is 0 Å². The van der Waals surface area contributed by atoms with Gasteiger partial charge in [0, 0.05) is 0 Å². The molecule has 0 aliphatic heterocycles. The quantitative estimate of drug-likeness (QED) is 0.146. The van der Waals surface area contributed by atoms with Gasteiger partial charge >= 0.3 is 309 Å². The van der Waals surface area contributed by atoms with Crippen LogP contribution in [0.2, 0.25) is 11.5 Å². The number of halogens is 2. The molecule has 2 unspecified atom stereocenters. The zero-order chi connectivity index (χ0) is 35.0. The summed E-state index contributed by atoms with van der Waals surface area (Å²) in [6.45, 7) is 9.38. The van der Waals surface area contributed by atoms with Gasteiger partial charge in [0.25, 0.3) is 0 Å². The average molecular weight is 919 g/mol. The van der Waals surface area contributed by atoms with Crippen LogP contribution in [-0.2, 0) is 13.0 Å². The third-order valence-corrected chi connectivity index (χ3v) is 113. The Bertz CT molecular complexity index is 2320. The summed E-state index contributed by atoms with van der Waals surface area (Å²) in [7, 11) is 15.6. The molecular weight excluding hydrogens is 875 g/mol. The monoisotopic (exact) mass is 920 g/mol. The molecule has 0 aromatic heterocycles. The standard InChI is InChI=1S/2C22H19.C2H6Ge.2ClH.Hf/c2*1-15(2)18-13-17-9-6-12-21(22(17)14-18)20-11-5-8-16-7-3-4-10-19(16)20;1-3-2;;;/h2*3-15H,1-2H3;1-2H3;2*1H;/q;;;;;+2/p-2. The summed E-state index contributed by atoms with van der Waals surface area (Å²) < 4.78 is 0.147. The number of hydrogen-bond donors (Lipinski definition) is 0. The summed E-state index contributed by atoms with van der Waals surface area (Å²) in [5.74, 6) is 5.63. The number of benzene rings is 6. The van der Waals surface area contributed by atoms with Gasteiger partial charge < -0.3 is 0 Å². The molecule has 0 amide bonds. The molecule has 6 aromatic rings. The summed E-state index contributed by atoms with van der Waals surface area (Å²) in [5, 5.41) is 5.09. The van der Waals surface area contributed by atoms with E-state index in [9.17, 15) is 0 Å². The van der Waals surface area contributed by atoms with E-state index in [4.69, 9.17) is 17.2 Å². The van der Waals surface area contributed by atoms with Gasteiger partial charge in [0.15, 0.2) is 0 Å². The van der Waals surface area contributed by atoms with Gasteiger partial charge in [0.1, 0.15) is 0 Å². The fourth-order valence-corrected chi connectivity index (χ4v) is 66.7. The van der Waals surface area contributed by atoms with Crippen LogP contribution in [-0.4, -0.2) is 10.1 Å². The van der Waals surface area contributed by atoms with Gasteiger partial charge in [-0.2, -0.15) is 0 Å². The van der Waals surface area contributed by atoms with E-state index in [1.807, 2.05) is 0 Å². The van der Waals surface area contributed by atoms with E-state index in [0.717, 1.165) is 0 Å². The first-order chi connectivity index (χ1) is 24.0. The molecule has 0 bridgehead atoms. The summed E-state index contributed by atoms with van der Waals surface area (Å²) >= 11 is -5.09. The van der Waals surface area contributed by atoms with E-state index in [1.165, 1.54) is 77.2 Å². The average Bonchev–Trinajstić information content (AvgIpc) is 3.73. The number of allylic oxidation sites excluding steroid dienone is 2. The maximum atomic E-state index is 8.84. The first-order valence-corrected chi connectivity index (χ1v) is 45.7. The van der Waals surface area contributed by atoms with E-state index in [0.29, 0.717) is 11.8 Å². The van der Waals surface area contributed by atoms with Crippen LogP contribution in [0.1, 0.15) is 57.3 Å². The van der Waals surface area contributed by atoms with Gasteiger partial charge in [0.2, 0.25) is 0 Å². The first-order valence-electron chi connectivity index (χ1n) is 18.0. The molecule has 0 nitrogen and oxygen atoms in total. The van der Waals surface area contributed by atoms with Crippen molar-refractivity contribution in [1.29, 1.82) is 0 Å². The van der Waals surface area contributed by atoms with E-state index >= 15 is 0 Å². The fourth-order valence-electron chi connectivity index (χ4n) is 9.17. The zero-order valence-corrected chi connectivity index (χ0v) is 37.0. The van der Waals surface area contributed by atoms with E-state index in [2.05, 4.69) is 173 Å². The molecule has 50 heavy (non-hydrogen) atoms. The van der Waals surface area contributed by atoms with Crippen molar-refractivity contribution < 1.29 is 13.0 Å². The molecule has 0 radical (unpaired) electrons. The second-order valence-electron chi connectivity index (χ2n) is 15.3. The van der Waals surface area contributed by atoms with Crippen LogP contribution in [0.25, 0.3) is 56.0 Å². The molecular formula is C46H44Cl2GeHf. The van der Waals surface area contributed by atoms with Crippen molar-refractivity contribution in [3.05, 3.63) is 155 Å². The number of hydrogen-bond acceptors (Lipinski definition) is 0. The van der Waals surface area contributed by atoms with Gasteiger partial charge in [0.05, 0.1) is 0 Å². The molecule has 4 heteroatoms. The summed E-state index contributed by atoms with van der Waals surface area (Å²) in [5.41, 5.74) is 13.3. The second kappa shape index (κ2) is 12.8. The molecule has 2 aliphatic carbocycles. The normalized spacial score (nSPS) is 17.3. The molecule has 6 aromatic carbocycles. The SMILES string of the molecule is CC(C)C1=Cc2c(-c3cccc4ccccc34)cccc2[CH]1[Hf]([Cl])([Cl])([CH]1C(C(C)C)=Cc2c(-c3cccc4ccccc34)cccc21)=[Ge]([CH3])[CH3]. The predicted molar refractivity (Wildman–Crippen MR) is 219 cm³/mol. The third-order valence-electron chi connectivity index (χ3n) is 11.7. The fraction of sp³-hybridized carbons (Fsp3) is 0.217. The first kappa shape index (κ1) is 34.4.